The van der Waals surface area contributed by atoms with Gasteiger partial charge in [0.2, 0.25) is 0 Å². The van der Waals surface area contributed by atoms with Crippen LogP contribution >= 0.6 is 11.6 Å². The van der Waals surface area contributed by atoms with Crippen molar-refractivity contribution < 1.29 is 14.3 Å². The molecule has 1 N–H and O–H groups in total. The summed E-state index contributed by atoms with van der Waals surface area (Å²) < 4.78 is 11.0. The highest BCUT2D eigenvalue weighted by molar-refractivity contribution is 6.30. The quantitative estimate of drug-likeness (QED) is 0.889. The van der Waals surface area contributed by atoms with Crippen LogP contribution in [0.25, 0.3) is 0 Å². The van der Waals surface area contributed by atoms with Crippen molar-refractivity contribution in [2.75, 3.05) is 32.1 Å². The van der Waals surface area contributed by atoms with Crippen LogP contribution in [0.15, 0.2) is 42.5 Å². The van der Waals surface area contributed by atoms with Gasteiger partial charge in [-0.2, -0.15) is 0 Å². The smallest absolute Gasteiger partial charge is 0.322 e. The highest BCUT2D eigenvalue weighted by atomic mass is 35.5. The van der Waals surface area contributed by atoms with Crippen molar-refractivity contribution in [1.82, 2.24) is 4.90 Å². The maximum Gasteiger partial charge on any atom is 0.322 e. The molecule has 132 valence electrons. The molecule has 1 aliphatic heterocycles. The first-order valence-corrected chi connectivity index (χ1v) is 8.52. The third-order valence-electron chi connectivity index (χ3n) is 4.27. The monoisotopic (exact) mass is 360 g/mol. The highest BCUT2D eigenvalue weighted by Gasteiger charge is 2.25. The fourth-order valence-electron chi connectivity index (χ4n) is 2.81. The molecule has 2 aromatic rings. The number of urea groups is 1. The Labute approximate surface area is 152 Å². The van der Waals surface area contributed by atoms with Gasteiger partial charge in [-0.3, -0.25) is 0 Å². The second kappa shape index (κ2) is 7.76. The second-order valence-electron chi connectivity index (χ2n) is 5.97. The van der Waals surface area contributed by atoms with E-state index in [9.17, 15) is 4.79 Å². The number of nitrogens with one attached hydrogen (secondary N) is 1. The number of amides is 2. The summed E-state index contributed by atoms with van der Waals surface area (Å²) in [7, 11) is 1.62. The average Bonchev–Trinajstić information content (AvgIpc) is 2.64. The molecule has 5 nitrogen and oxygen atoms in total. The Kier molecular flexibility index (Phi) is 5.46. The molecule has 0 aromatic heterocycles. The van der Waals surface area contributed by atoms with E-state index in [4.69, 9.17) is 21.1 Å². The van der Waals surface area contributed by atoms with Crippen LogP contribution in [0.4, 0.5) is 10.5 Å². The van der Waals surface area contributed by atoms with Crippen LogP contribution in [-0.2, 0) is 4.74 Å². The van der Waals surface area contributed by atoms with Gasteiger partial charge in [-0.05, 0) is 48.4 Å². The number of nitrogens with zero attached hydrogens (tertiary/aromatic N) is 1. The number of carbonyl (C=O) groups is 1. The fraction of sp³-hybridized carbons (Fsp3) is 0.316. The van der Waals surface area contributed by atoms with E-state index < -0.39 is 0 Å². The Balaban J connectivity index is 1.66. The summed E-state index contributed by atoms with van der Waals surface area (Å²) in [6.45, 7) is 3.50. The fourth-order valence-corrected chi connectivity index (χ4v) is 2.94. The molecule has 1 saturated heterocycles. The van der Waals surface area contributed by atoms with Gasteiger partial charge in [0.05, 0.1) is 20.3 Å². The molecule has 1 aliphatic rings. The van der Waals surface area contributed by atoms with Gasteiger partial charge in [-0.1, -0.05) is 23.7 Å². The van der Waals surface area contributed by atoms with Crippen LogP contribution in [0.5, 0.6) is 5.75 Å². The Morgan fingerprint density at radius 2 is 2.04 bits per heavy atom. The molecular formula is C19H21ClN2O3. The number of anilines is 1. The van der Waals surface area contributed by atoms with Gasteiger partial charge >= 0.3 is 6.03 Å². The average molecular weight is 361 g/mol. The number of hydrogen-bond acceptors (Lipinski definition) is 3. The van der Waals surface area contributed by atoms with Crippen LogP contribution in [0, 0.1) is 6.92 Å². The number of carbonyl (C=O) groups excluding carboxylic acids is 1. The lowest BCUT2D eigenvalue weighted by Gasteiger charge is -2.33. The predicted octanol–water partition coefficient (Wildman–Crippen LogP) is 4.26. The molecule has 0 bridgehead atoms. The Morgan fingerprint density at radius 3 is 2.72 bits per heavy atom. The molecule has 0 aliphatic carbocycles. The Morgan fingerprint density at radius 1 is 1.28 bits per heavy atom. The molecule has 0 saturated carbocycles. The zero-order valence-corrected chi connectivity index (χ0v) is 15.0. The normalized spacial score (nSPS) is 17.2. The van der Waals surface area contributed by atoms with Crippen molar-refractivity contribution >= 4 is 23.3 Å². The number of methoxy groups -OCH3 is 1. The standard InChI is InChI=1S/C19H21ClN2O3/c1-13-11-16(24-2)7-8-17(13)21-19(23)22-9-10-25-18(12-22)14-3-5-15(20)6-4-14/h3-8,11,18H,9-10,12H2,1-2H3,(H,21,23)/t18-/m0/s1. The lowest BCUT2D eigenvalue weighted by molar-refractivity contribution is -0.0135. The van der Waals surface area contributed by atoms with Crippen molar-refractivity contribution in [2.24, 2.45) is 0 Å². The van der Waals surface area contributed by atoms with Gasteiger partial charge in [-0.25, -0.2) is 4.79 Å². The van der Waals surface area contributed by atoms with Gasteiger partial charge in [0, 0.05) is 17.3 Å². The molecule has 2 amide bonds. The zero-order chi connectivity index (χ0) is 17.8. The highest BCUT2D eigenvalue weighted by Crippen LogP contribution is 2.25. The molecule has 3 rings (SSSR count). The lowest BCUT2D eigenvalue weighted by Crippen LogP contribution is -2.44. The molecule has 2 aromatic carbocycles. The number of morpholine rings is 1. The van der Waals surface area contributed by atoms with Gasteiger partial charge in [0.25, 0.3) is 0 Å². The lowest BCUT2D eigenvalue weighted by atomic mass is 10.1. The third-order valence-corrected chi connectivity index (χ3v) is 4.52. The maximum absolute atomic E-state index is 12.6. The zero-order valence-electron chi connectivity index (χ0n) is 14.3. The third kappa shape index (κ3) is 4.24. The first kappa shape index (κ1) is 17.6. The van der Waals surface area contributed by atoms with Crippen LogP contribution in [0.3, 0.4) is 0 Å². The minimum absolute atomic E-state index is 0.129. The van der Waals surface area contributed by atoms with Crippen LogP contribution in [-0.4, -0.2) is 37.7 Å². The molecule has 6 heteroatoms. The molecule has 1 heterocycles. The number of ether oxygens (including phenoxy) is 2. The topological polar surface area (TPSA) is 50.8 Å². The molecule has 0 unspecified atom stereocenters. The second-order valence-corrected chi connectivity index (χ2v) is 6.40. The van der Waals surface area contributed by atoms with Gasteiger partial charge in [0.15, 0.2) is 0 Å². The molecular weight excluding hydrogens is 340 g/mol. The predicted molar refractivity (Wildman–Crippen MR) is 98.5 cm³/mol. The van der Waals surface area contributed by atoms with Crippen molar-refractivity contribution in [1.29, 1.82) is 0 Å². The van der Waals surface area contributed by atoms with E-state index in [1.807, 2.05) is 49.4 Å². The summed E-state index contributed by atoms with van der Waals surface area (Å²) >= 11 is 5.93. The first-order valence-electron chi connectivity index (χ1n) is 8.14. The van der Waals surface area contributed by atoms with E-state index in [1.165, 1.54) is 0 Å². The minimum atomic E-state index is -0.145. The van der Waals surface area contributed by atoms with Crippen LogP contribution in [0.2, 0.25) is 5.02 Å². The molecule has 0 radical (unpaired) electrons. The number of halogens is 1. The maximum atomic E-state index is 12.6. The van der Waals surface area contributed by atoms with E-state index in [-0.39, 0.29) is 12.1 Å². The Hall–Kier alpha value is -2.24. The summed E-state index contributed by atoms with van der Waals surface area (Å²) in [6.07, 6.45) is -0.145. The summed E-state index contributed by atoms with van der Waals surface area (Å²) in [5.41, 5.74) is 2.75. The van der Waals surface area contributed by atoms with Gasteiger partial charge in [-0.15, -0.1) is 0 Å². The summed E-state index contributed by atoms with van der Waals surface area (Å²) in [4.78, 5) is 14.4. The molecule has 25 heavy (non-hydrogen) atoms. The summed E-state index contributed by atoms with van der Waals surface area (Å²) in [6, 6.07) is 13.0. The number of benzene rings is 2. The molecule has 1 fully saturated rings. The van der Waals surface area contributed by atoms with E-state index in [2.05, 4.69) is 5.32 Å². The molecule has 1 atom stereocenters. The van der Waals surface area contributed by atoms with Gasteiger partial charge in [0.1, 0.15) is 11.9 Å². The van der Waals surface area contributed by atoms with Crippen molar-refractivity contribution in [3.05, 3.63) is 58.6 Å². The van der Waals surface area contributed by atoms with E-state index in [0.717, 1.165) is 22.6 Å². The minimum Gasteiger partial charge on any atom is -0.497 e. The van der Waals surface area contributed by atoms with Crippen molar-refractivity contribution in [2.45, 2.75) is 13.0 Å². The first-order chi connectivity index (χ1) is 12.1. The van der Waals surface area contributed by atoms with E-state index in [1.54, 1.807) is 12.0 Å². The number of rotatable bonds is 3. The van der Waals surface area contributed by atoms with E-state index >= 15 is 0 Å². The van der Waals surface area contributed by atoms with Crippen LogP contribution < -0.4 is 10.1 Å². The van der Waals surface area contributed by atoms with Crippen LogP contribution in [0.1, 0.15) is 17.2 Å². The Bertz CT molecular complexity index is 749. The van der Waals surface area contributed by atoms with Crippen molar-refractivity contribution in [3.63, 3.8) is 0 Å². The number of hydrogen-bond donors (Lipinski definition) is 1. The van der Waals surface area contributed by atoms with E-state index in [0.29, 0.717) is 24.7 Å². The largest absolute Gasteiger partial charge is 0.497 e. The van der Waals surface area contributed by atoms with Gasteiger partial charge < -0.3 is 19.7 Å². The summed E-state index contributed by atoms with van der Waals surface area (Å²) in [5, 5.41) is 3.65. The summed E-state index contributed by atoms with van der Waals surface area (Å²) in [5.74, 6) is 0.768. The molecule has 0 spiro atoms. The number of aryl methyl sites for hydroxylation is 1. The SMILES string of the molecule is COc1ccc(NC(=O)N2CCO[C@H](c3ccc(Cl)cc3)C2)c(C)c1. The van der Waals surface area contributed by atoms with Crippen molar-refractivity contribution in [3.8, 4) is 5.75 Å².